The predicted octanol–water partition coefficient (Wildman–Crippen LogP) is 3.44. The number of alkyl halides is 1. The molecule has 1 saturated heterocycles. The number of likely N-dealkylation sites (tertiary alicyclic amines) is 1. The number of aliphatic hydroxyl groups is 1. The highest BCUT2D eigenvalue weighted by Crippen LogP contribution is 2.36. The molecule has 3 aromatic rings. The van der Waals surface area contributed by atoms with Crippen LogP contribution in [-0.4, -0.2) is 68.5 Å². The number of piperidine rings is 1. The monoisotopic (exact) mass is 598 g/mol. The fourth-order valence-electron chi connectivity index (χ4n) is 5.34. The van der Waals surface area contributed by atoms with E-state index in [1.54, 1.807) is 23.1 Å². The molecule has 0 unspecified atom stereocenters. The van der Waals surface area contributed by atoms with Gasteiger partial charge in [0.15, 0.2) is 11.5 Å². The summed E-state index contributed by atoms with van der Waals surface area (Å²) in [5, 5.41) is 13.2. The number of hydrogen-bond acceptors (Lipinski definition) is 8. The number of benzene rings is 2. The van der Waals surface area contributed by atoms with Crippen molar-refractivity contribution in [3.8, 4) is 11.5 Å². The van der Waals surface area contributed by atoms with Crippen LogP contribution >= 0.6 is 0 Å². The highest BCUT2D eigenvalue weighted by Gasteiger charge is 2.34. The molecule has 1 aromatic heterocycles. The first-order valence-electron chi connectivity index (χ1n) is 14.0. The number of pyridine rings is 1. The largest absolute Gasteiger partial charge is 0.454 e. The average Bonchev–Trinajstić information content (AvgIpc) is 3.49. The van der Waals surface area contributed by atoms with E-state index in [1.165, 1.54) is 18.5 Å². The van der Waals surface area contributed by atoms with Gasteiger partial charge in [0.05, 0.1) is 25.0 Å². The van der Waals surface area contributed by atoms with Crippen LogP contribution in [0.25, 0.3) is 0 Å². The fraction of sp³-hybridized carbons (Fsp3) is 0.400. The second-order valence-electron chi connectivity index (χ2n) is 10.5. The molecule has 224 valence electrons. The van der Waals surface area contributed by atoms with E-state index in [0.717, 1.165) is 5.56 Å². The van der Waals surface area contributed by atoms with Crippen molar-refractivity contribution in [3.63, 3.8) is 0 Å². The van der Waals surface area contributed by atoms with Crippen LogP contribution in [0.1, 0.15) is 36.4 Å². The zero-order chi connectivity index (χ0) is 29.5. The summed E-state index contributed by atoms with van der Waals surface area (Å²) in [6.45, 7) is 0.210. The van der Waals surface area contributed by atoms with E-state index >= 15 is 0 Å². The minimum absolute atomic E-state index is 0.0327. The number of nitrogens with one attached hydrogen (secondary N) is 2. The molecule has 12 heteroatoms. The van der Waals surface area contributed by atoms with Crippen LogP contribution in [0, 0.1) is 5.92 Å². The van der Waals surface area contributed by atoms with Gasteiger partial charge >= 0.3 is 0 Å². The highest BCUT2D eigenvalue weighted by atomic mass is 32.2. The van der Waals surface area contributed by atoms with Crippen LogP contribution in [0.4, 0.5) is 10.1 Å². The lowest BCUT2D eigenvalue weighted by Gasteiger charge is -2.34. The summed E-state index contributed by atoms with van der Waals surface area (Å²) in [6.07, 6.45) is 4.89. The van der Waals surface area contributed by atoms with Crippen molar-refractivity contribution < 1.29 is 32.2 Å². The smallest absolute Gasteiger partial charge is 0.245 e. The number of hydrogen-bond donors (Lipinski definition) is 3. The number of carbonyl (C=O) groups is 1. The molecule has 42 heavy (non-hydrogen) atoms. The van der Waals surface area contributed by atoms with E-state index in [-0.39, 0.29) is 29.9 Å². The first-order valence-corrected chi connectivity index (χ1v) is 15.5. The molecule has 1 fully saturated rings. The Morgan fingerprint density at radius 1 is 1.10 bits per heavy atom. The SMILES string of the molecule is O=C([C@@H](NS(=O)(=O)c1cnccc1N[C@H](CO)Cc1ccccc1)c1ccc2c(c1)OCO2)N1CCC(CCF)CC1. The third-order valence-corrected chi connectivity index (χ3v) is 9.12. The normalized spacial score (nSPS) is 16.7. The second-order valence-corrected chi connectivity index (χ2v) is 12.2. The maximum Gasteiger partial charge on any atom is 0.245 e. The van der Waals surface area contributed by atoms with Crippen LogP contribution in [0.5, 0.6) is 11.5 Å². The number of aliphatic hydroxyl groups excluding tert-OH is 1. The molecule has 3 heterocycles. The summed E-state index contributed by atoms with van der Waals surface area (Å²) < 4.78 is 54.2. The first-order chi connectivity index (χ1) is 20.4. The molecule has 2 aliphatic heterocycles. The van der Waals surface area contributed by atoms with Crippen molar-refractivity contribution in [2.45, 2.75) is 42.7 Å². The molecule has 0 aliphatic carbocycles. The van der Waals surface area contributed by atoms with Crippen LogP contribution in [0.3, 0.4) is 0 Å². The lowest BCUT2D eigenvalue weighted by atomic mass is 9.93. The van der Waals surface area contributed by atoms with Gasteiger partial charge < -0.3 is 24.8 Å². The molecule has 2 aromatic carbocycles. The van der Waals surface area contributed by atoms with Gasteiger partial charge in [-0.05, 0) is 60.9 Å². The van der Waals surface area contributed by atoms with Crippen molar-refractivity contribution in [2.75, 3.05) is 38.5 Å². The summed E-state index contributed by atoms with van der Waals surface area (Å²) in [5.74, 6) is 0.708. The zero-order valence-electron chi connectivity index (χ0n) is 23.1. The first kappa shape index (κ1) is 29.7. The molecule has 0 saturated carbocycles. The lowest BCUT2D eigenvalue weighted by molar-refractivity contribution is -0.134. The number of sulfonamides is 1. The number of ether oxygens (including phenoxy) is 2. The van der Waals surface area contributed by atoms with E-state index in [4.69, 9.17) is 9.47 Å². The van der Waals surface area contributed by atoms with Gasteiger partial charge in [0.1, 0.15) is 10.9 Å². The second kappa shape index (κ2) is 13.5. The topological polar surface area (TPSA) is 130 Å². The third kappa shape index (κ3) is 7.00. The van der Waals surface area contributed by atoms with Crippen molar-refractivity contribution in [1.82, 2.24) is 14.6 Å². The Bertz CT molecular complexity index is 1470. The van der Waals surface area contributed by atoms with E-state index in [1.807, 2.05) is 30.3 Å². The summed E-state index contributed by atoms with van der Waals surface area (Å²) in [6, 6.07) is 14.2. The van der Waals surface area contributed by atoms with E-state index in [0.29, 0.717) is 55.8 Å². The standard InChI is InChI=1S/C30H35FN4O6S/c31-12-8-21-10-14-35(15-11-21)30(37)29(23-6-7-26-27(17-23)41-20-40-26)34-42(38,39)28-18-32-13-9-25(28)33-24(19-36)16-22-4-2-1-3-5-22/h1-7,9,13,17-18,21,24,29,34,36H,8,10-12,14-16,19-20H2,(H,32,33)/t24-,29-/m0/s1. The van der Waals surface area contributed by atoms with Gasteiger partial charge in [-0.25, -0.2) is 8.42 Å². The predicted molar refractivity (Wildman–Crippen MR) is 154 cm³/mol. The summed E-state index contributed by atoms with van der Waals surface area (Å²) in [7, 11) is -4.31. The Kier molecular flexibility index (Phi) is 9.55. The van der Waals surface area contributed by atoms with Crippen molar-refractivity contribution >= 4 is 21.6 Å². The number of aromatic nitrogens is 1. The van der Waals surface area contributed by atoms with Gasteiger partial charge in [-0.3, -0.25) is 14.2 Å². The van der Waals surface area contributed by atoms with Crippen LogP contribution < -0.4 is 19.5 Å². The Morgan fingerprint density at radius 3 is 2.60 bits per heavy atom. The molecule has 2 atom stereocenters. The van der Waals surface area contributed by atoms with Gasteiger partial charge in [0.25, 0.3) is 0 Å². The Balaban J connectivity index is 1.41. The molecular weight excluding hydrogens is 563 g/mol. The van der Waals surface area contributed by atoms with Crippen LogP contribution in [0.15, 0.2) is 71.9 Å². The minimum Gasteiger partial charge on any atom is -0.454 e. The van der Waals surface area contributed by atoms with E-state index < -0.39 is 34.7 Å². The maximum atomic E-state index is 13.9. The van der Waals surface area contributed by atoms with Gasteiger partial charge in [-0.15, -0.1) is 0 Å². The molecule has 0 bridgehead atoms. The molecule has 10 nitrogen and oxygen atoms in total. The lowest BCUT2D eigenvalue weighted by Crippen LogP contribution is -2.46. The van der Waals surface area contributed by atoms with Gasteiger partial charge in [-0.2, -0.15) is 4.72 Å². The van der Waals surface area contributed by atoms with Gasteiger partial charge in [0, 0.05) is 25.5 Å². The Morgan fingerprint density at radius 2 is 1.86 bits per heavy atom. The van der Waals surface area contributed by atoms with Crippen molar-refractivity contribution in [3.05, 3.63) is 78.1 Å². The van der Waals surface area contributed by atoms with Crippen LogP contribution in [0.2, 0.25) is 0 Å². The third-order valence-electron chi connectivity index (χ3n) is 7.67. The zero-order valence-corrected chi connectivity index (χ0v) is 23.9. The Hall–Kier alpha value is -3.74. The Labute approximate surface area is 244 Å². The quantitative estimate of drug-likeness (QED) is 0.289. The highest BCUT2D eigenvalue weighted by molar-refractivity contribution is 7.89. The number of nitrogens with zero attached hydrogens (tertiary/aromatic N) is 2. The van der Waals surface area contributed by atoms with E-state index in [9.17, 15) is 22.7 Å². The molecule has 5 rings (SSSR count). The minimum atomic E-state index is -4.31. The fourth-order valence-corrected chi connectivity index (χ4v) is 6.63. The molecule has 3 N–H and O–H groups in total. The number of rotatable bonds is 12. The number of amides is 1. The van der Waals surface area contributed by atoms with Crippen molar-refractivity contribution in [1.29, 1.82) is 0 Å². The molecular formula is C30H35FN4O6S. The summed E-state index contributed by atoms with van der Waals surface area (Å²) in [4.78, 5) is 19.4. The van der Waals surface area contributed by atoms with Gasteiger partial charge in [0.2, 0.25) is 22.7 Å². The van der Waals surface area contributed by atoms with Gasteiger partial charge in [-0.1, -0.05) is 36.4 Å². The number of anilines is 1. The number of fused-ring (bicyclic) bond motifs is 1. The summed E-state index contributed by atoms with van der Waals surface area (Å²) >= 11 is 0. The average molecular weight is 599 g/mol. The maximum absolute atomic E-state index is 13.9. The number of halogens is 1. The molecule has 0 radical (unpaired) electrons. The number of carbonyl (C=O) groups excluding carboxylic acids is 1. The van der Waals surface area contributed by atoms with Crippen LogP contribution in [-0.2, 0) is 21.2 Å². The van der Waals surface area contributed by atoms with Crippen molar-refractivity contribution in [2.24, 2.45) is 5.92 Å². The molecule has 2 aliphatic rings. The molecule has 0 spiro atoms. The molecule has 1 amide bonds. The van der Waals surface area contributed by atoms with E-state index in [2.05, 4.69) is 15.0 Å². The summed E-state index contributed by atoms with van der Waals surface area (Å²) in [5.41, 5.74) is 1.62.